The van der Waals surface area contributed by atoms with Crippen molar-refractivity contribution in [2.24, 2.45) is 10.7 Å². The van der Waals surface area contributed by atoms with Crippen LogP contribution in [-0.2, 0) is 14.6 Å². The summed E-state index contributed by atoms with van der Waals surface area (Å²) in [5.74, 6) is 0.394. The third kappa shape index (κ3) is 4.32. The van der Waals surface area contributed by atoms with Crippen molar-refractivity contribution in [3.8, 4) is 0 Å². The van der Waals surface area contributed by atoms with E-state index < -0.39 is 9.84 Å². The van der Waals surface area contributed by atoms with Gasteiger partial charge in [0.1, 0.15) is 4.90 Å². The van der Waals surface area contributed by atoms with Gasteiger partial charge in [-0.25, -0.2) is 13.4 Å². The van der Waals surface area contributed by atoms with Crippen LogP contribution in [0.2, 0.25) is 0 Å². The number of ether oxygens (including phenoxy) is 1. The summed E-state index contributed by atoms with van der Waals surface area (Å²) in [4.78, 5) is 6.57. The van der Waals surface area contributed by atoms with Crippen LogP contribution < -0.4 is 10.6 Å². The average Bonchev–Trinajstić information content (AvgIpc) is 3.28. The monoisotopic (exact) mass is 451 g/mol. The molecule has 4 rings (SSSR count). The molecule has 0 saturated carbocycles. The predicted molar refractivity (Wildman–Crippen MR) is 127 cm³/mol. The number of hydrogen-bond acceptors (Lipinski definition) is 6. The molecule has 0 atom stereocenters. The summed E-state index contributed by atoms with van der Waals surface area (Å²) >= 11 is 0. The van der Waals surface area contributed by atoms with Crippen LogP contribution in [0.25, 0.3) is 16.5 Å². The van der Waals surface area contributed by atoms with Crippen molar-refractivity contribution < 1.29 is 17.6 Å². The summed E-state index contributed by atoms with van der Waals surface area (Å²) in [5.41, 5.74) is 8.16. The number of rotatable bonds is 6. The van der Waals surface area contributed by atoms with Crippen molar-refractivity contribution in [1.82, 2.24) is 0 Å². The third-order valence-corrected chi connectivity index (χ3v) is 7.03. The highest BCUT2D eigenvalue weighted by Crippen LogP contribution is 2.33. The zero-order valence-electron chi connectivity index (χ0n) is 17.8. The first-order valence-corrected chi connectivity index (χ1v) is 11.7. The first-order valence-electron chi connectivity index (χ1n) is 10.2. The van der Waals surface area contributed by atoms with Crippen LogP contribution in [-0.4, -0.2) is 40.6 Å². The smallest absolute Gasteiger partial charge is 0.210 e. The Morgan fingerprint density at radius 3 is 2.69 bits per heavy atom. The van der Waals surface area contributed by atoms with Gasteiger partial charge in [-0.3, -0.25) is 0 Å². The fraction of sp³-hybridized carbons (Fsp3) is 0.208. The Bertz CT molecular complexity index is 1310. The summed E-state index contributed by atoms with van der Waals surface area (Å²) in [6.07, 6.45) is 4.71. The first kappa shape index (κ1) is 21.9. The highest BCUT2D eigenvalue weighted by molar-refractivity contribution is 7.91. The SMILES string of the molecule is C=C/C(=C\N=C(C)N)c1cc(N2CCOCC2)cc(S(=O)(=O)c2cccc3ccoc23)c1. The van der Waals surface area contributed by atoms with E-state index in [-0.39, 0.29) is 9.79 Å². The van der Waals surface area contributed by atoms with Crippen molar-refractivity contribution in [1.29, 1.82) is 0 Å². The Labute approximate surface area is 187 Å². The van der Waals surface area contributed by atoms with Gasteiger partial charge in [-0.2, -0.15) is 0 Å². The topological polar surface area (TPSA) is 98.1 Å². The highest BCUT2D eigenvalue weighted by atomic mass is 32.2. The molecule has 1 aromatic heterocycles. The molecule has 2 aromatic carbocycles. The number of sulfone groups is 1. The summed E-state index contributed by atoms with van der Waals surface area (Å²) in [7, 11) is -3.87. The van der Waals surface area contributed by atoms with Crippen LogP contribution in [0.1, 0.15) is 12.5 Å². The van der Waals surface area contributed by atoms with E-state index in [1.165, 1.54) is 6.26 Å². The maximum atomic E-state index is 13.7. The van der Waals surface area contributed by atoms with Gasteiger partial charge < -0.3 is 19.8 Å². The lowest BCUT2D eigenvalue weighted by Crippen LogP contribution is -2.36. The van der Waals surface area contributed by atoms with Crippen LogP contribution in [0.5, 0.6) is 0 Å². The van der Waals surface area contributed by atoms with Crippen molar-refractivity contribution in [3.63, 3.8) is 0 Å². The molecule has 2 heterocycles. The second kappa shape index (κ2) is 9.02. The molecule has 7 nitrogen and oxygen atoms in total. The molecule has 166 valence electrons. The van der Waals surface area contributed by atoms with Gasteiger partial charge in [-0.1, -0.05) is 24.8 Å². The van der Waals surface area contributed by atoms with Gasteiger partial charge in [-0.15, -0.1) is 0 Å². The minimum Gasteiger partial charge on any atom is -0.463 e. The maximum absolute atomic E-state index is 13.7. The van der Waals surface area contributed by atoms with Gasteiger partial charge in [0.15, 0.2) is 5.58 Å². The molecular weight excluding hydrogens is 426 g/mol. The molecule has 1 aliphatic heterocycles. The summed E-state index contributed by atoms with van der Waals surface area (Å²) in [6, 6.07) is 12.1. The van der Waals surface area contributed by atoms with Crippen LogP contribution in [0.4, 0.5) is 5.69 Å². The quantitative estimate of drug-likeness (QED) is 0.345. The van der Waals surface area contributed by atoms with E-state index in [0.29, 0.717) is 48.9 Å². The average molecular weight is 452 g/mol. The first-order chi connectivity index (χ1) is 15.4. The van der Waals surface area contributed by atoms with Gasteiger partial charge in [0, 0.05) is 30.4 Å². The molecule has 1 aliphatic rings. The maximum Gasteiger partial charge on any atom is 0.210 e. The summed E-state index contributed by atoms with van der Waals surface area (Å²) in [5, 5.41) is 0.732. The number of nitrogens with two attached hydrogens (primary N) is 1. The van der Waals surface area contributed by atoms with E-state index >= 15 is 0 Å². The number of amidine groups is 1. The highest BCUT2D eigenvalue weighted by Gasteiger charge is 2.25. The number of furan rings is 1. The van der Waals surface area contributed by atoms with E-state index in [2.05, 4.69) is 16.5 Å². The number of fused-ring (bicyclic) bond motifs is 1. The molecule has 3 aromatic rings. The Morgan fingerprint density at radius 1 is 1.19 bits per heavy atom. The van der Waals surface area contributed by atoms with E-state index in [0.717, 1.165) is 11.1 Å². The molecule has 0 amide bonds. The lowest BCUT2D eigenvalue weighted by atomic mass is 10.1. The van der Waals surface area contributed by atoms with Gasteiger partial charge in [0.25, 0.3) is 0 Å². The summed E-state index contributed by atoms with van der Waals surface area (Å²) < 4.78 is 38.4. The molecule has 1 fully saturated rings. The Hall–Kier alpha value is -3.36. The Kier molecular flexibility index (Phi) is 6.16. The largest absolute Gasteiger partial charge is 0.463 e. The molecule has 0 unspecified atom stereocenters. The molecule has 0 radical (unpaired) electrons. The standard InChI is InChI=1S/C24H25N3O4S/c1-3-18(16-26-17(2)25)20-13-21(27-8-11-30-12-9-27)15-22(14-20)32(28,29)23-6-4-5-19-7-10-31-24(19)23/h3-7,10,13-16H,1,8-9,11-12H2,2H3,(H2,25,26)/b18-16+. The van der Waals surface area contributed by atoms with E-state index in [9.17, 15) is 8.42 Å². The lowest BCUT2D eigenvalue weighted by Gasteiger charge is -2.29. The predicted octanol–water partition coefficient (Wildman–Crippen LogP) is 4.01. The zero-order chi connectivity index (χ0) is 22.7. The van der Waals surface area contributed by atoms with Crippen LogP contribution in [0.3, 0.4) is 0 Å². The number of aliphatic imine (C=N–C) groups is 1. The Morgan fingerprint density at radius 2 is 1.97 bits per heavy atom. The van der Waals surface area contributed by atoms with Gasteiger partial charge in [-0.05, 0) is 48.4 Å². The number of benzene rings is 2. The molecule has 8 heteroatoms. The molecule has 32 heavy (non-hydrogen) atoms. The van der Waals surface area contributed by atoms with Gasteiger partial charge in [0.05, 0.1) is 30.2 Å². The minimum atomic E-state index is -3.87. The molecule has 0 spiro atoms. The second-order valence-electron chi connectivity index (χ2n) is 7.47. The number of anilines is 1. The van der Waals surface area contributed by atoms with E-state index in [1.54, 1.807) is 49.5 Å². The zero-order valence-corrected chi connectivity index (χ0v) is 18.6. The fourth-order valence-electron chi connectivity index (χ4n) is 3.63. The van der Waals surface area contributed by atoms with Crippen LogP contribution in [0, 0.1) is 0 Å². The molecule has 2 N–H and O–H groups in total. The van der Waals surface area contributed by atoms with E-state index in [1.807, 2.05) is 12.1 Å². The van der Waals surface area contributed by atoms with Gasteiger partial charge >= 0.3 is 0 Å². The third-order valence-electron chi connectivity index (χ3n) is 5.27. The number of allylic oxidation sites excluding steroid dienone is 2. The number of para-hydroxylation sites is 1. The number of morpholine rings is 1. The second-order valence-corrected chi connectivity index (χ2v) is 9.39. The Balaban J connectivity index is 1.90. The number of nitrogens with zero attached hydrogens (tertiary/aromatic N) is 2. The summed E-state index contributed by atoms with van der Waals surface area (Å²) in [6.45, 7) is 8.05. The minimum absolute atomic E-state index is 0.130. The molecule has 0 aliphatic carbocycles. The molecular formula is C24H25N3O4S. The van der Waals surface area contributed by atoms with E-state index in [4.69, 9.17) is 14.9 Å². The van der Waals surface area contributed by atoms with Crippen molar-refractivity contribution >= 4 is 37.9 Å². The molecule has 0 bridgehead atoms. The van der Waals surface area contributed by atoms with Crippen molar-refractivity contribution in [2.45, 2.75) is 16.7 Å². The fourth-order valence-corrected chi connectivity index (χ4v) is 5.11. The van der Waals surface area contributed by atoms with Crippen molar-refractivity contribution in [3.05, 3.63) is 73.1 Å². The molecule has 1 saturated heterocycles. The normalized spacial score (nSPS) is 15.8. The van der Waals surface area contributed by atoms with Crippen LogP contribution >= 0.6 is 0 Å². The number of hydrogen-bond donors (Lipinski definition) is 1. The van der Waals surface area contributed by atoms with Gasteiger partial charge in [0.2, 0.25) is 9.84 Å². The lowest BCUT2D eigenvalue weighted by molar-refractivity contribution is 0.122. The van der Waals surface area contributed by atoms with Crippen molar-refractivity contribution in [2.75, 3.05) is 31.2 Å². The van der Waals surface area contributed by atoms with Crippen LogP contribution in [0.15, 0.2) is 86.8 Å².